The second-order valence-corrected chi connectivity index (χ2v) is 6.54. The maximum atomic E-state index is 13.6. The Balaban J connectivity index is 1.49. The number of halogens is 2. The molecular formula is C21H18F2N4O2. The smallest absolute Gasteiger partial charge is 0.320 e. The van der Waals surface area contributed by atoms with Gasteiger partial charge in [0, 0.05) is 11.8 Å². The molecule has 0 saturated heterocycles. The molecule has 0 amide bonds. The van der Waals surface area contributed by atoms with Crippen molar-refractivity contribution < 1.29 is 18.3 Å². The number of nitrogens with zero attached hydrogens (tertiary/aromatic N) is 4. The van der Waals surface area contributed by atoms with Crippen molar-refractivity contribution in [3.05, 3.63) is 78.4 Å². The molecule has 0 saturated carbocycles. The summed E-state index contributed by atoms with van der Waals surface area (Å²) in [5.41, 5.74) is 2.25. The number of para-hydroxylation sites is 3. The Bertz CT molecular complexity index is 1140. The molecule has 29 heavy (non-hydrogen) atoms. The summed E-state index contributed by atoms with van der Waals surface area (Å²) in [5.74, 6) is -0.535. The molecule has 8 heteroatoms. The van der Waals surface area contributed by atoms with Crippen LogP contribution < -0.4 is 0 Å². The SMILES string of the molecule is CC(OC(=O)Cc1cnn(-c2ccccc2)c1)c1nc2ccccc2n1C(F)F. The minimum atomic E-state index is -2.79. The number of hydrogen-bond acceptors (Lipinski definition) is 4. The topological polar surface area (TPSA) is 61.9 Å². The first-order valence-corrected chi connectivity index (χ1v) is 9.06. The van der Waals surface area contributed by atoms with Gasteiger partial charge in [-0.15, -0.1) is 0 Å². The van der Waals surface area contributed by atoms with Crippen molar-refractivity contribution in [3.8, 4) is 5.69 Å². The Kier molecular flexibility index (Phi) is 5.07. The van der Waals surface area contributed by atoms with Crippen molar-refractivity contribution in [1.82, 2.24) is 19.3 Å². The van der Waals surface area contributed by atoms with Gasteiger partial charge in [0.15, 0.2) is 11.9 Å². The number of hydrogen-bond donors (Lipinski definition) is 0. The number of esters is 1. The van der Waals surface area contributed by atoms with E-state index >= 15 is 0 Å². The summed E-state index contributed by atoms with van der Waals surface area (Å²) in [4.78, 5) is 16.6. The van der Waals surface area contributed by atoms with E-state index in [4.69, 9.17) is 4.74 Å². The van der Waals surface area contributed by atoms with E-state index in [1.54, 1.807) is 41.3 Å². The molecule has 0 bridgehead atoms. The van der Waals surface area contributed by atoms with Crippen LogP contribution >= 0.6 is 0 Å². The van der Waals surface area contributed by atoms with Crippen molar-refractivity contribution in [2.75, 3.05) is 0 Å². The molecule has 0 fully saturated rings. The quantitative estimate of drug-likeness (QED) is 0.452. The average molecular weight is 396 g/mol. The van der Waals surface area contributed by atoms with Gasteiger partial charge in [0.25, 0.3) is 0 Å². The van der Waals surface area contributed by atoms with Crippen LogP contribution in [0.4, 0.5) is 8.78 Å². The van der Waals surface area contributed by atoms with Crippen LogP contribution in [-0.4, -0.2) is 25.3 Å². The van der Waals surface area contributed by atoms with Crippen molar-refractivity contribution >= 4 is 17.0 Å². The van der Waals surface area contributed by atoms with E-state index in [-0.39, 0.29) is 12.2 Å². The Hall–Kier alpha value is -3.55. The fraction of sp³-hybridized carbons (Fsp3) is 0.190. The number of alkyl halides is 2. The molecule has 0 spiro atoms. The minimum absolute atomic E-state index is 0.00882. The highest BCUT2D eigenvalue weighted by Crippen LogP contribution is 2.28. The standard InChI is InChI=1S/C21H18F2N4O2/c1-14(20-25-17-9-5-6-10-18(17)27(20)21(22)23)29-19(28)11-15-12-24-26(13-15)16-7-3-2-4-8-16/h2-10,12-14,21H,11H2,1H3. The summed E-state index contributed by atoms with van der Waals surface area (Å²) in [5, 5.41) is 4.24. The number of carbonyl (C=O) groups excluding carboxylic acids is 1. The molecular weight excluding hydrogens is 378 g/mol. The Labute approximate surface area is 165 Å². The normalized spacial score (nSPS) is 12.4. The zero-order valence-corrected chi connectivity index (χ0v) is 15.6. The van der Waals surface area contributed by atoms with Gasteiger partial charge in [-0.1, -0.05) is 30.3 Å². The Morgan fingerprint density at radius 2 is 1.83 bits per heavy atom. The van der Waals surface area contributed by atoms with Crippen LogP contribution in [0.25, 0.3) is 16.7 Å². The summed E-state index contributed by atoms with van der Waals surface area (Å²) in [6.07, 6.45) is 2.36. The first-order chi connectivity index (χ1) is 14.0. The van der Waals surface area contributed by atoms with Gasteiger partial charge in [0.05, 0.1) is 29.3 Å². The first kappa shape index (κ1) is 18.8. The lowest BCUT2D eigenvalue weighted by Crippen LogP contribution is -2.15. The number of ether oxygens (including phenoxy) is 1. The highest BCUT2D eigenvalue weighted by Gasteiger charge is 2.24. The van der Waals surface area contributed by atoms with Crippen LogP contribution in [0.15, 0.2) is 67.0 Å². The molecule has 6 nitrogen and oxygen atoms in total. The highest BCUT2D eigenvalue weighted by molar-refractivity contribution is 5.76. The van der Waals surface area contributed by atoms with Crippen LogP contribution in [0, 0.1) is 0 Å². The lowest BCUT2D eigenvalue weighted by atomic mass is 10.2. The van der Waals surface area contributed by atoms with E-state index < -0.39 is 18.6 Å². The Morgan fingerprint density at radius 1 is 1.10 bits per heavy atom. The number of rotatable bonds is 6. The summed E-state index contributed by atoms with van der Waals surface area (Å²) >= 11 is 0. The molecule has 0 radical (unpaired) electrons. The van der Waals surface area contributed by atoms with Gasteiger partial charge in [-0.25, -0.2) is 9.67 Å². The van der Waals surface area contributed by atoms with E-state index in [0.29, 0.717) is 16.6 Å². The van der Waals surface area contributed by atoms with Gasteiger partial charge in [0.2, 0.25) is 0 Å². The molecule has 2 aromatic carbocycles. The van der Waals surface area contributed by atoms with Crippen LogP contribution in [0.2, 0.25) is 0 Å². The van der Waals surface area contributed by atoms with Gasteiger partial charge in [-0.05, 0) is 31.2 Å². The maximum absolute atomic E-state index is 13.6. The van der Waals surface area contributed by atoms with E-state index in [1.807, 2.05) is 30.3 Å². The van der Waals surface area contributed by atoms with Crippen LogP contribution in [0.5, 0.6) is 0 Å². The van der Waals surface area contributed by atoms with Gasteiger partial charge in [0.1, 0.15) is 0 Å². The van der Waals surface area contributed by atoms with Crippen molar-refractivity contribution in [1.29, 1.82) is 0 Å². The highest BCUT2D eigenvalue weighted by atomic mass is 19.3. The molecule has 1 atom stereocenters. The maximum Gasteiger partial charge on any atom is 0.320 e. The predicted octanol–water partition coefficient (Wildman–Crippen LogP) is 4.46. The summed E-state index contributed by atoms with van der Waals surface area (Å²) in [6, 6.07) is 16.1. The molecule has 0 N–H and O–H groups in total. The molecule has 4 rings (SSSR count). The zero-order valence-electron chi connectivity index (χ0n) is 15.6. The largest absolute Gasteiger partial charge is 0.454 e. The Morgan fingerprint density at radius 3 is 2.59 bits per heavy atom. The number of carbonyl (C=O) groups is 1. The lowest BCUT2D eigenvalue weighted by Gasteiger charge is -2.15. The number of aromatic nitrogens is 4. The van der Waals surface area contributed by atoms with Crippen LogP contribution in [-0.2, 0) is 16.0 Å². The third-order valence-corrected chi connectivity index (χ3v) is 4.50. The van der Waals surface area contributed by atoms with Gasteiger partial charge in [-0.3, -0.25) is 9.36 Å². The molecule has 0 aliphatic rings. The van der Waals surface area contributed by atoms with Gasteiger partial charge < -0.3 is 4.74 Å². The summed E-state index contributed by atoms with van der Waals surface area (Å²) < 4.78 is 35.0. The predicted molar refractivity (Wildman–Crippen MR) is 103 cm³/mol. The zero-order chi connectivity index (χ0) is 20.4. The second kappa shape index (κ2) is 7.83. The second-order valence-electron chi connectivity index (χ2n) is 6.54. The molecule has 2 aromatic heterocycles. The monoisotopic (exact) mass is 396 g/mol. The number of imidazole rings is 1. The molecule has 148 valence electrons. The van der Waals surface area contributed by atoms with E-state index in [1.165, 1.54) is 6.92 Å². The number of fused-ring (bicyclic) bond motifs is 1. The fourth-order valence-electron chi connectivity index (χ4n) is 3.19. The van der Waals surface area contributed by atoms with Crippen molar-refractivity contribution in [2.24, 2.45) is 0 Å². The average Bonchev–Trinajstić information content (AvgIpc) is 3.33. The molecule has 4 aromatic rings. The first-order valence-electron chi connectivity index (χ1n) is 9.06. The van der Waals surface area contributed by atoms with Crippen molar-refractivity contribution in [3.63, 3.8) is 0 Å². The lowest BCUT2D eigenvalue weighted by molar-refractivity contribution is -0.148. The molecule has 2 heterocycles. The molecule has 0 aliphatic carbocycles. The third-order valence-electron chi connectivity index (χ3n) is 4.50. The summed E-state index contributed by atoms with van der Waals surface area (Å²) in [6.45, 7) is -1.26. The number of benzene rings is 2. The van der Waals surface area contributed by atoms with E-state index in [2.05, 4.69) is 10.1 Å². The van der Waals surface area contributed by atoms with E-state index in [0.717, 1.165) is 10.3 Å². The van der Waals surface area contributed by atoms with Crippen LogP contribution in [0.1, 0.15) is 31.0 Å². The van der Waals surface area contributed by atoms with Gasteiger partial charge in [-0.2, -0.15) is 13.9 Å². The molecule has 0 aliphatic heterocycles. The molecule has 1 unspecified atom stereocenters. The fourth-order valence-corrected chi connectivity index (χ4v) is 3.19. The third kappa shape index (κ3) is 3.87. The van der Waals surface area contributed by atoms with Crippen LogP contribution in [0.3, 0.4) is 0 Å². The van der Waals surface area contributed by atoms with Gasteiger partial charge >= 0.3 is 12.5 Å². The van der Waals surface area contributed by atoms with Crippen molar-refractivity contribution in [2.45, 2.75) is 26.0 Å². The van der Waals surface area contributed by atoms with E-state index in [9.17, 15) is 13.6 Å². The summed E-state index contributed by atoms with van der Waals surface area (Å²) in [7, 11) is 0. The minimum Gasteiger partial charge on any atom is -0.454 e.